The summed E-state index contributed by atoms with van der Waals surface area (Å²) in [6.07, 6.45) is 5.52. The summed E-state index contributed by atoms with van der Waals surface area (Å²) in [7, 11) is 0. The molecular weight excluding hydrogens is 328 g/mol. The molecule has 1 aliphatic heterocycles. The fourth-order valence-corrected chi connectivity index (χ4v) is 3.02. The first-order valence-electron chi connectivity index (χ1n) is 9.02. The predicted molar refractivity (Wildman–Crippen MR) is 97.8 cm³/mol. The number of aryl methyl sites for hydroxylation is 1. The lowest BCUT2D eigenvalue weighted by Crippen LogP contribution is -2.32. The second kappa shape index (κ2) is 6.82. The molecule has 134 valence electrons. The fourth-order valence-electron chi connectivity index (χ4n) is 3.02. The van der Waals surface area contributed by atoms with Crippen LogP contribution in [0.4, 0.5) is 5.82 Å². The molecule has 0 spiro atoms. The molecule has 0 aromatic carbocycles. The lowest BCUT2D eigenvalue weighted by Gasteiger charge is -2.29. The van der Waals surface area contributed by atoms with Crippen LogP contribution in [0.1, 0.15) is 49.6 Å². The Kier molecular flexibility index (Phi) is 4.36. The van der Waals surface area contributed by atoms with Gasteiger partial charge in [0.25, 0.3) is 5.89 Å². The lowest BCUT2D eigenvalue weighted by molar-refractivity contribution is 0.419. The van der Waals surface area contributed by atoms with Crippen molar-refractivity contribution < 1.29 is 4.52 Å². The minimum Gasteiger partial charge on any atom is -0.350 e. The van der Waals surface area contributed by atoms with Gasteiger partial charge >= 0.3 is 0 Å². The molecule has 0 bridgehead atoms. The number of anilines is 1. The third kappa shape index (κ3) is 3.16. The molecule has 0 atom stereocenters. The van der Waals surface area contributed by atoms with Gasteiger partial charge in [-0.15, -0.1) is 0 Å². The molecule has 4 heterocycles. The van der Waals surface area contributed by atoms with Crippen molar-refractivity contribution in [2.75, 3.05) is 11.4 Å². The van der Waals surface area contributed by atoms with E-state index in [0.717, 1.165) is 48.8 Å². The zero-order valence-electron chi connectivity index (χ0n) is 15.3. The van der Waals surface area contributed by atoms with E-state index >= 15 is 0 Å². The SMILES string of the molecule is CCc1ncc2c(n1)CN(c1cc(-c3nc(C(C)C)no3)ccn1)CC2. The molecule has 0 aliphatic carbocycles. The molecule has 26 heavy (non-hydrogen) atoms. The highest BCUT2D eigenvalue weighted by molar-refractivity contribution is 5.59. The van der Waals surface area contributed by atoms with Gasteiger partial charge in [0.2, 0.25) is 0 Å². The third-order valence-electron chi connectivity index (χ3n) is 4.59. The zero-order chi connectivity index (χ0) is 18.1. The van der Waals surface area contributed by atoms with Crippen molar-refractivity contribution in [3.63, 3.8) is 0 Å². The van der Waals surface area contributed by atoms with Crippen molar-refractivity contribution in [1.82, 2.24) is 25.1 Å². The van der Waals surface area contributed by atoms with Crippen LogP contribution < -0.4 is 4.90 Å². The van der Waals surface area contributed by atoms with Gasteiger partial charge < -0.3 is 9.42 Å². The van der Waals surface area contributed by atoms with Crippen molar-refractivity contribution in [2.24, 2.45) is 0 Å². The van der Waals surface area contributed by atoms with Crippen LogP contribution in [-0.2, 0) is 19.4 Å². The highest BCUT2D eigenvalue weighted by Crippen LogP contribution is 2.26. The molecule has 0 fully saturated rings. The number of fused-ring (bicyclic) bond motifs is 1. The van der Waals surface area contributed by atoms with Crippen LogP contribution in [0.25, 0.3) is 11.5 Å². The Balaban J connectivity index is 1.60. The monoisotopic (exact) mass is 350 g/mol. The number of aromatic nitrogens is 5. The molecule has 7 heteroatoms. The smallest absolute Gasteiger partial charge is 0.258 e. The summed E-state index contributed by atoms with van der Waals surface area (Å²) >= 11 is 0. The normalized spacial score (nSPS) is 13.9. The molecule has 0 saturated heterocycles. The van der Waals surface area contributed by atoms with Crippen LogP contribution in [0, 0.1) is 0 Å². The Hall–Kier alpha value is -2.83. The molecule has 0 amide bonds. The summed E-state index contributed by atoms with van der Waals surface area (Å²) in [6.45, 7) is 7.79. The minimum atomic E-state index is 0.236. The molecule has 4 rings (SSSR count). The molecule has 0 saturated carbocycles. The number of pyridine rings is 1. The lowest BCUT2D eigenvalue weighted by atomic mass is 10.1. The van der Waals surface area contributed by atoms with E-state index in [1.807, 2.05) is 32.2 Å². The average Bonchev–Trinajstić information content (AvgIpc) is 3.18. The Morgan fingerprint density at radius 2 is 2.12 bits per heavy atom. The first-order chi connectivity index (χ1) is 12.6. The van der Waals surface area contributed by atoms with Crippen molar-refractivity contribution in [3.8, 4) is 11.5 Å². The largest absolute Gasteiger partial charge is 0.350 e. The van der Waals surface area contributed by atoms with Crippen LogP contribution in [0.15, 0.2) is 29.0 Å². The topological polar surface area (TPSA) is 80.8 Å². The second-order valence-electron chi connectivity index (χ2n) is 6.80. The van der Waals surface area contributed by atoms with Gasteiger partial charge in [0.15, 0.2) is 5.82 Å². The maximum atomic E-state index is 5.41. The highest BCUT2D eigenvalue weighted by Gasteiger charge is 2.20. The molecule has 0 radical (unpaired) electrons. The zero-order valence-corrected chi connectivity index (χ0v) is 15.3. The van der Waals surface area contributed by atoms with Gasteiger partial charge in [0.05, 0.1) is 12.2 Å². The summed E-state index contributed by atoms with van der Waals surface area (Å²) in [6, 6.07) is 3.90. The van der Waals surface area contributed by atoms with E-state index in [2.05, 4.69) is 36.9 Å². The van der Waals surface area contributed by atoms with Crippen LogP contribution in [-0.4, -0.2) is 31.6 Å². The standard InChI is InChI=1S/C19H22N6O/c1-4-16-21-10-14-6-8-25(11-15(14)22-16)17-9-13(5-7-20-17)19-23-18(12(2)3)24-26-19/h5,7,9-10,12H,4,6,8,11H2,1-3H3. The molecule has 3 aromatic rings. The average molecular weight is 350 g/mol. The fraction of sp³-hybridized carbons (Fsp3) is 0.421. The van der Waals surface area contributed by atoms with Crippen LogP contribution in [0.2, 0.25) is 0 Å². The van der Waals surface area contributed by atoms with Gasteiger partial charge in [-0.05, 0) is 24.1 Å². The number of hydrogen-bond acceptors (Lipinski definition) is 7. The van der Waals surface area contributed by atoms with E-state index in [-0.39, 0.29) is 5.92 Å². The molecule has 3 aromatic heterocycles. The van der Waals surface area contributed by atoms with Gasteiger partial charge in [0.1, 0.15) is 11.6 Å². The van der Waals surface area contributed by atoms with E-state index in [1.165, 1.54) is 5.56 Å². The van der Waals surface area contributed by atoms with Gasteiger partial charge in [0, 0.05) is 36.8 Å². The van der Waals surface area contributed by atoms with Crippen LogP contribution in [0.3, 0.4) is 0 Å². The van der Waals surface area contributed by atoms with Crippen LogP contribution in [0.5, 0.6) is 0 Å². The van der Waals surface area contributed by atoms with E-state index in [0.29, 0.717) is 11.7 Å². The first-order valence-corrected chi connectivity index (χ1v) is 9.02. The van der Waals surface area contributed by atoms with Gasteiger partial charge in [-0.2, -0.15) is 4.98 Å². The maximum absolute atomic E-state index is 5.41. The summed E-state index contributed by atoms with van der Waals surface area (Å²) in [5.74, 6) is 3.27. The van der Waals surface area contributed by atoms with Crippen molar-refractivity contribution in [1.29, 1.82) is 0 Å². The van der Waals surface area contributed by atoms with E-state index < -0.39 is 0 Å². The van der Waals surface area contributed by atoms with E-state index in [1.54, 1.807) is 6.20 Å². The number of nitrogens with zero attached hydrogens (tertiary/aromatic N) is 6. The highest BCUT2D eigenvalue weighted by atomic mass is 16.5. The van der Waals surface area contributed by atoms with Gasteiger partial charge in [-0.3, -0.25) is 0 Å². The Morgan fingerprint density at radius 3 is 2.88 bits per heavy atom. The van der Waals surface area contributed by atoms with Gasteiger partial charge in [-0.25, -0.2) is 15.0 Å². The number of hydrogen-bond donors (Lipinski definition) is 0. The molecule has 0 unspecified atom stereocenters. The Bertz CT molecular complexity index is 920. The molecule has 7 nitrogen and oxygen atoms in total. The predicted octanol–water partition coefficient (Wildman–Crippen LogP) is 3.17. The molecule has 0 N–H and O–H groups in total. The summed E-state index contributed by atoms with van der Waals surface area (Å²) in [4.78, 5) is 20.3. The quantitative estimate of drug-likeness (QED) is 0.715. The third-order valence-corrected chi connectivity index (χ3v) is 4.59. The number of rotatable bonds is 4. The minimum absolute atomic E-state index is 0.236. The van der Waals surface area contributed by atoms with Crippen LogP contribution >= 0.6 is 0 Å². The Labute approximate surface area is 152 Å². The summed E-state index contributed by atoms with van der Waals surface area (Å²) in [5, 5.41) is 4.05. The maximum Gasteiger partial charge on any atom is 0.258 e. The summed E-state index contributed by atoms with van der Waals surface area (Å²) in [5.41, 5.74) is 3.21. The van der Waals surface area contributed by atoms with Gasteiger partial charge in [-0.1, -0.05) is 25.9 Å². The van der Waals surface area contributed by atoms with E-state index in [9.17, 15) is 0 Å². The van der Waals surface area contributed by atoms with E-state index in [4.69, 9.17) is 4.52 Å². The molecular formula is C19H22N6O. The summed E-state index contributed by atoms with van der Waals surface area (Å²) < 4.78 is 5.41. The van der Waals surface area contributed by atoms with Crippen molar-refractivity contribution in [3.05, 3.63) is 47.4 Å². The van der Waals surface area contributed by atoms with Crippen molar-refractivity contribution in [2.45, 2.75) is 46.1 Å². The first kappa shape index (κ1) is 16.6. The Morgan fingerprint density at radius 1 is 1.23 bits per heavy atom. The molecule has 1 aliphatic rings. The second-order valence-corrected chi connectivity index (χ2v) is 6.80. The van der Waals surface area contributed by atoms with Crippen molar-refractivity contribution >= 4 is 5.82 Å².